The molecule has 0 spiro atoms. The Kier molecular flexibility index (Phi) is 3.39. The lowest BCUT2D eigenvalue weighted by molar-refractivity contribution is 0.0914. The lowest BCUT2D eigenvalue weighted by atomic mass is 9.93. The molecule has 0 aliphatic heterocycles. The Morgan fingerprint density at radius 3 is 2.75 bits per heavy atom. The Morgan fingerprint density at radius 1 is 1.50 bits per heavy atom. The van der Waals surface area contributed by atoms with Gasteiger partial charge in [-0.25, -0.2) is 0 Å². The molecular weight excluding hydrogens is 222 g/mol. The SMILES string of the molecule is COc1ccc(C(=O)NC2CCC2)c(S)c1. The minimum absolute atomic E-state index is 0.0441. The molecule has 1 fully saturated rings. The highest BCUT2D eigenvalue weighted by atomic mass is 32.1. The summed E-state index contributed by atoms with van der Waals surface area (Å²) in [4.78, 5) is 12.5. The first-order valence-electron chi connectivity index (χ1n) is 5.38. The summed E-state index contributed by atoms with van der Waals surface area (Å²) in [5, 5.41) is 2.98. The van der Waals surface area contributed by atoms with Crippen LogP contribution in [0.15, 0.2) is 23.1 Å². The minimum atomic E-state index is -0.0441. The maximum atomic E-state index is 11.9. The number of amides is 1. The molecule has 0 radical (unpaired) electrons. The molecule has 1 saturated carbocycles. The molecule has 1 amide bonds. The zero-order chi connectivity index (χ0) is 11.5. The average molecular weight is 237 g/mol. The summed E-state index contributed by atoms with van der Waals surface area (Å²) in [6.45, 7) is 0. The first-order valence-corrected chi connectivity index (χ1v) is 5.83. The van der Waals surface area contributed by atoms with Crippen LogP contribution < -0.4 is 10.1 Å². The zero-order valence-corrected chi connectivity index (χ0v) is 10.1. The molecule has 0 heterocycles. The fourth-order valence-corrected chi connectivity index (χ4v) is 1.95. The fraction of sp³-hybridized carbons (Fsp3) is 0.417. The summed E-state index contributed by atoms with van der Waals surface area (Å²) in [5.41, 5.74) is 0.607. The second-order valence-corrected chi connectivity index (χ2v) is 4.47. The normalized spacial score (nSPS) is 15.4. The number of nitrogens with one attached hydrogen (secondary N) is 1. The molecule has 0 saturated heterocycles. The number of thiol groups is 1. The zero-order valence-electron chi connectivity index (χ0n) is 9.19. The molecule has 16 heavy (non-hydrogen) atoms. The number of rotatable bonds is 3. The third kappa shape index (κ3) is 2.32. The van der Waals surface area contributed by atoms with Gasteiger partial charge in [0.15, 0.2) is 0 Å². The predicted molar refractivity (Wildman–Crippen MR) is 65.4 cm³/mol. The lowest BCUT2D eigenvalue weighted by Gasteiger charge is -2.26. The highest BCUT2D eigenvalue weighted by Gasteiger charge is 2.21. The van der Waals surface area contributed by atoms with Gasteiger partial charge in [0.25, 0.3) is 5.91 Å². The van der Waals surface area contributed by atoms with Crippen molar-refractivity contribution in [2.75, 3.05) is 7.11 Å². The quantitative estimate of drug-likeness (QED) is 0.791. The first-order chi connectivity index (χ1) is 7.70. The van der Waals surface area contributed by atoms with Gasteiger partial charge in [0, 0.05) is 10.9 Å². The molecule has 0 atom stereocenters. The van der Waals surface area contributed by atoms with Crippen LogP contribution in [-0.4, -0.2) is 19.1 Å². The van der Waals surface area contributed by atoms with Crippen LogP contribution in [0.5, 0.6) is 5.75 Å². The van der Waals surface area contributed by atoms with Gasteiger partial charge >= 0.3 is 0 Å². The monoisotopic (exact) mass is 237 g/mol. The van der Waals surface area contributed by atoms with Crippen molar-refractivity contribution in [1.82, 2.24) is 5.32 Å². The molecule has 0 aromatic heterocycles. The highest BCUT2D eigenvalue weighted by Crippen LogP contribution is 2.23. The van der Waals surface area contributed by atoms with E-state index in [9.17, 15) is 4.79 Å². The Bertz CT molecular complexity index is 402. The smallest absolute Gasteiger partial charge is 0.252 e. The summed E-state index contributed by atoms with van der Waals surface area (Å²) in [6, 6.07) is 5.62. The standard InChI is InChI=1S/C12H15NO2S/c1-15-9-5-6-10(11(16)7-9)12(14)13-8-3-2-4-8/h5-8,16H,2-4H2,1H3,(H,13,14). The fourth-order valence-electron chi connectivity index (χ4n) is 1.65. The summed E-state index contributed by atoms with van der Waals surface area (Å²) >= 11 is 4.29. The largest absolute Gasteiger partial charge is 0.497 e. The van der Waals surface area contributed by atoms with E-state index >= 15 is 0 Å². The van der Waals surface area contributed by atoms with Gasteiger partial charge in [0.1, 0.15) is 5.75 Å². The van der Waals surface area contributed by atoms with E-state index < -0.39 is 0 Å². The average Bonchev–Trinajstić information content (AvgIpc) is 2.23. The van der Waals surface area contributed by atoms with Crippen molar-refractivity contribution in [2.45, 2.75) is 30.2 Å². The number of ether oxygens (including phenoxy) is 1. The Labute approximate surface area is 101 Å². The maximum Gasteiger partial charge on any atom is 0.252 e. The van der Waals surface area contributed by atoms with Crippen LogP contribution in [0.2, 0.25) is 0 Å². The van der Waals surface area contributed by atoms with E-state index in [0.717, 1.165) is 12.8 Å². The van der Waals surface area contributed by atoms with Crippen molar-refractivity contribution in [3.05, 3.63) is 23.8 Å². The van der Waals surface area contributed by atoms with Crippen LogP contribution in [0.4, 0.5) is 0 Å². The van der Waals surface area contributed by atoms with Gasteiger partial charge < -0.3 is 10.1 Å². The van der Waals surface area contributed by atoms with E-state index in [1.807, 2.05) is 0 Å². The number of carbonyl (C=O) groups is 1. The molecule has 3 nitrogen and oxygen atoms in total. The van der Waals surface area contributed by atoms with Crippen molar-refractivity contribution in [1.29, 1.82) is 0 Å². The predicted octanol–water partition coefficient (Wildman–Crippen LogP) is 2.27. The van der Waals surface area contributed by atoms with Crippen molar-refractivity contribution in [2.24, 2.45) is 0 Å². The molecule has 0 bridgehead atoms. The van der Waals surface area contributed by atoms with E-state index in [2.05, 4.69) is 17.9 Å². The van der Waals surface area contributed by atoms with Crippen molar-refractivity contribution in [3.8, 4) is 5.75 Å². The van der Waals surface area contributed by atoms with Crippen LogP contribution in [0.3, 0.4) is 0 Å². The molecule has 2 rings (SSSR count). The summed E-state index contributed by atoms with van der Waals surface area (Å²) in [5.74, 6) is 0.669. The molecular formula is C12H15NO2S. The van der Waals surface area contributed by atoms with Gasteiger partial charge in [-0.15, -0.1) is 12.6 Å². The van der Waals surface area contributed by atoms with Crippen molar-refractivity contribution >= 4 is 18.5 Å². The third-order valence-electron chi connectivity index (χ3n) is 2.89. The van der Waals surface area contributed by atoms with Gasteiger partial charge in [0.2, 0.25) is 0 Å². The third-order valence-corrected chi connectivity index (χ3v) is 3.26. The van der Waals surface area contributed by atoms with Crippen molar-refractivity contribution in [3.63, 3.8) is 0 Å². The van der Waals surface area contributed by atoms with Gasteiger partial charge in [-0.1, -0.05) is 0 Å². The summed E-state index contributed by atoms with van der Waals surface area (Å²) < 4.78 is 5.06. The number of hydrogen-bond acceptors (Lipinski definition) is 3. The van der Waals surface area contributed by atoms with Gasteiger partial charge in [-0.3, -0.25) is 4.79 Å². The van der Waals surface area contributed by atoms with Crippen LogP contribution in [0.25, 0.3) is 0 Å². The van der Waals surface area contributed by atoms with Gasteiger partial charge in [-0.05, 0) is 37.5 Å². The second kappa shape index (κ2) is 4.78. The molecule has 1 aromatic carbocycles. The summed E-state index contributed by atoms with van der Waals surface area (Å²) in [6.07, 6.45) is 3.38. The molecule has 1 aliphatic rings. The summed E-state index contributed by atoms with van der Waals surface area (Å²) in [7, 11) is 1.59. The number of methoxy groups -OCH3 is 1. The molecule has 86 valence electrons. The minimum Gasteiger partial charge on any atom is -0.497 e. The number of benzene rings is 1. The highest BCUT2D eigenvalue weighted by molar-refractivity contribution is 7.80. The number of carbonyl (C=O) groups excluding carboxylic acids is 1. The Balaban J connectivity index is 2.09. The van der Waals surface area contributed by atoms with Gasteiger partial charge in [0.05, 0.1) is 12.7 Å². The van der Waals surface area contributed by atoms with E-state index in [1.165, 1.54) is 6.42 Å². The Morgan fingerprint density at radius 2 is 2.25 bits per heavy atom. The van der Waals surface area contributed by atoms with E-state index in [1.54, 1.807) is 25.3 Å². The second-order valence-electron chi connectivity index (χ2n) is 3.98. The van der Waals surface area contributed by atoms with Crippen LogP contribution in [-0.2, 0) is 0 Å². The van der Waals surface area contributed by atoms with Crippen molar-refractivity contribution < 1.29 is 9.53 Å². The number of hydrogen-bond donors (Lipinski definition) is 2. The lowest BCUT2D eigenvalue weighted by Crippen LogP contribution is -2.39. The van der Waals surface area contributed by atoms with E-state index in [4.69, 9.17) is 4.74 Å². The molecule has 1 aliphatic carbocycles. The first kappa shape index (κ1) is 11.3. The van der Waals surface area contributed by atoms with E-state index in [0.29, 0.717) is 22.3 Å². The van der Waals surface area contributed by atoms with Crippen LogP contribution in [0, 0.1) is 0 Å². The van der Waals surface area contributed by atoms with Gasteiger partial charge in [-0.2, -0.15) is 0 Å². The molecule has 0 unspecified atom stereocenters. The van der Waals surface area contributed by atoms with Crippen LogP contribution >= 0.6 is 12.6 Å². The molecule has 1 aromatic rings. The molecule has 4 heteroatoms. The Hall–Kier alpha value is -1.16. The van der Waals surface area contributed by atoms with E-state index in [-0.39, 0.29) is 5.91 Å². The maximum absolute atomic E-state index is 11.9. The molecule has 1 N–H and O–H groups in total. The van der Waals surface area contributed by atoms with Crippen LogP contribution in [0.1, 0.15) is 29.6 Å². The topological polar surface area (TPSA) is 38.3 Å².